The summed E-state index contributed by atoms with van der Waals surface area (Å²) in [6, 6.07) is 12.4. The minimum atomic E-state index is -4.41. The second kappa shape index (κ2) is 8.03. The number of nitrogens with zero attached hydrogens (tertiary/aromatic N) is 7. The molecule has 0 aliphatic rings. The largest absolute Gasteiger partial charge is 0.497 e. The van der Waals surface area contributed by atoms with E-state index in [4.69, 9.17) is 4.74 Å². The van der Waals surface area contributed by atoms with Crippen LogP contribution in [0, 0.1) is 6.92 Å². The third kappa shape index (κ3) is 3.86. The van der Waals surface area contributed by atoms with Gasteiger partial charge in [-0.3, -0.25) is 4.40 Å². The molecule has 12 heteroatoms. The van der Waals surface area contributed by atoms with Gasteiger partial charge in [0.05, 0.1) is 29.6 Å². The van der Waals surface area contributed by atoms with Gasteiger partial charge in [0, 0.05) is 11.5 Å². The van der Waals surface area contributed by atoms with Gasteiger partial charge in [-0.25, -0.2) is 0 Å². The maximum atomic E-state index is 12.9. The second-order valence-corrected chi connectivity index (χ2v) is 8.17. The number of ether oxygens (including phenoxy) is 1. The van der Waals surface area contributed by atoms with E-state index < -0.39 is 11.7 Å². The number of benzene rings is 2. The molecule has 8 nitrogen and oxygen atoms in total. The van der Waals surface area contributed by atoms with Crippen molar-refractivity contribution in [1.29, 1.82) is 0 Å². The Morgan fingerprint density at radius 2 is 1.79 bits per heavy atom. The average Bonchev–Trinajstić information content (AvgIpc) is 3.43. The number of fused-ring (bicyclic) bond motifs is 3. The molecule has 0 fully saturated rings. The van der Waals surface area contributed by atoms with Crippen LogP contribution in [-0.2, 0) is 11.9 Å². The standard InChI is InChI=1S/C21H16F3N7OS/c1-12-9-18-25-27-20(30(18)17-10-15(32-2)7-8-16(12)17)33-11-19-26-28-29-31(19)14-5-3-13(4-6-14)21(22,23)24/h3-10H,11H2,1-2H3. The lowest BCUT2D eigenvalue weighted by atomic mass is 10.1. The highest BCUT2D eigenvalue weighted by Crippen LogP contribution is 2.31. The van der Waals surface area contributed by atoms with Crippen LogP contribution in [-0.4, -0.2) is 41.9 Å². The van der Waals surface area contributed by atoms with Crippen LogP contribution in [0.25, 0.3) is 22.2 Å². The summed E-state index contributed by atoms with van der Waals surface area (Å²) in [6.45, 7) is 2.01. The minimum absolute atomic E-state index is 0.328. The number of methoxy groups -OCH3 is 1. The van der Waals surface area contributed by atoms with E-state index in [1.54, 1.807) is 7.11 Å². The molecule has 0 amide bonds. The SMILES string of the molecule is COc1ccc2c(C)cc3nnc(SCc4nnnn4-c4ccc(C(F)(F)F)cc4)n3c2c1. The molecule has 0 aliphatic carbocycles. The predicted octanol–water partition coefficient (Wildman–Crippen LogP) is 4.49. The Balaban J connectivity index is 1.47. The highest BCUT2D eigenvalue weighted by Gasteiger charge is 2.30. The highest BCUT2D eigenvalue weighted by atomic mass is 32.2. The molecule has 0 radical (unpaired) electrons. The molecule has 5 rings (SSSR count). The van der Waals surface area contributed by atoms with Gasteiger partial charge in [0.1, 0.15) is 5.75 Å². The van der Waals surface area contributed by atoms with E-state index in [1.807, 2.05) is 35.6 Å². The van der Waals surface area contributed by atoms with Crippen molar-refractivity contribution in [3.8, 4) is 11.4 Å². The number of halogens is 3. The molecule has 2 aromatic carbocycles. The third-order valence-electron chi connectivity index (χ3n) is 5.18. The lowest BCUT2D eigenvalue weighted by Crippen LogP contribution is -2.06. The molecule has 5 aromatic rings. The fourth-order valence-corrected chi connectivity index (χ4v) is 4.40. The average molecular weight is 471 g/mol. The molecule has 168 valence electrons. The molecule has 0 spiro atoms. The number of thioether (sulfide) groups is 1. The van der Waals surface area contributed by atoms with Crippen molar-refractivity contribution in [1.82, 2.24) is 34.8 Å². The summed E-state index contributed by atoms with van der Waals surface area (Å²) in [5, 5.41) is 21.9. The number of rotatable bonds is 5. The Hall–Kier alpha value is -3.67. The Kier molecular flexibility index (Phi) is 5.16. The van der Waals surface area contributed by atoms with Gasteiger partial charge < -0.3 is 4.74 Å². The quantitative estimate of drug-likeness (QED) is 0.349. The highest BCUT2D eigenvalue weighted by molar-refractivity contribution is 7.98. The first kappa shape index (κ1) is 21.2. The van der Waals surface area contributed by atoms with Crippen LogP contribution in [0.15, 0.2) is 53.7 Å². The zero-order chi connectivity index (χ0) is 23.2. The maximum absolute atomic E-state index is 12.9. The van der Waals surface area contributed by atoms with Crippen molar-refractivity contribution in [2.45, 2.75) is 24.0 Å². The van der Waals surface area contributed by atoms with Crippen LogP contribution < -0.4 is 4.74 Å². The van der Waals surface area contributed by atoms with Crippen molar-refractivity contribution < 1.29 is 17.9 Å². The first-order valence-corrected chi connectivity index (χ1v) is 10.7. The number of aromatic nitrogens is 7. The predicted molar refractivity (Wildman–Crippen MR) is 115 cm³/mol. The third-order valence-corrected chi connectivity index (χ3v) is 6.10. The van der Waals surface area contributed by atoms with Gasteiger partial charge in [-0.15, -0.1) is 15.3 Å². The molecule has 0 bridgehead atoms. The van der Waals surface area contributed by atoms with Crippen LogP contribution in [0.1, 0.15) is 17.0 Å². The summed E-state index contributed by atoms with van der Waals surface area (Å²) < 4.78 is 47.3. The molecule has 0 unspecified atom stereocenters. The molecule has 3 heterocycles. The number of pyridine rings is 1. The van der Waals surface area contributed by atoms with Gasteiger partial charge in [-0.1, -0.05) is 11.8 Å². The smallest absolute Gasteiger partial charge is 0.416 e. The lowest BCUT2D eigenvalue weighted by Gasteiger charge is -2.10. The van der Waals surface area contributed by atoms with Crippen molar-refractivity contribution in [3.63, 3.8) is 0 Å². The molecule has 0 aliphatic heterocycles. The van der Waals surface area contributed by atoms with E-state index >= 15 is 0 Å². The minimum Gasteiger partial charge on any atom is -0.497 e. The molecule has 0 saturated carbocycles. The van der Waals surface area contributed by atoms with Crippen LogP contribution in [0.3, 0.4) is 0 Å². The van der Waals surface area contributed by atoms with Crippen molar-refractivity contribution >= 4 is 28.3 Å². The van der Waals surface area contributed by atoms with E-state index in [1.165, 1.54) is 28.6 Å². The van der Waals surface area contributed by atoms with E-state index in [0.717, 1.165) is 28.6 Å². The van der Waals surface area contributed by atoms with Crippen LogP contribution in [0.2, 0.25) is 0 Å². The number of alkyl halides is 3. The summed E-state index contributed by atoms with van der Waals surface area (Å²) in [6.07, 6.45) is -4.41. The van der Waals surface area contributed by atoms with Gasteiger partial charge in [0.15, 0.2) is 16.6 Å². The van der Waals surface area contributed by atoms with Crippen LogP contribution in [0.4, 0.5) is 13.2 Å². The van der Waals surface area contributed by atoms with Crippen molar-refractivity contribution in [2.24, 2.45) is 0 Å². The second-order valence-electron chi connectivity index (χ2n) is 7.23. The summed E-state index contributed by atoms with van der Waals surface area (Å²) in [7, 11) is 1.61. The summed E-state index contributed by atoms with van der Waals surface area (Å²) in [4.78, 5) is 0. The maximum Gasteiger partial charge on any atom is 0.416 e. The van der Waals surface area contributed by atoms with Gasteiger partial charge in [0.2, 0.25) is 0 Å². The fourth-order valence-electron chi connectivity index (χ4n) is 3.54. The molecular formula is C21H16F3N7OS. The molecular weight excluding hydrogens is 455 g/mol. The van der Waals surface area contributed by atoms with Gasteiger partial charge in [-0.2, -0.15) is 17.9 Å². The normalized spacial score (nSPS) is 12.0. The monoisotopic (exact) mass is 471 g/mol. The lowest BCUT2D eigenvalue weighted by molar-refractivity contribution is -0.137. The number of aryl methyl sites for hydroxylation is 1. The van der Waals surface area contributed by atoms with Gasteiger partial charge in [0.25, 0.3) is 0 Å². The van der Waals surface area contributed by atoms with Gasteiger partial charge >= 0.3 is 6.18 Å². The molecule has 3 aromatic heterocycles. The van der Waals surface area contributed by atoms with Crippen LogP contribution in [0.5, 0.6) is 5.75 Å². The van der Waals surface area contributed by atoms with E-state index in [-0.39, 0.29) is 0 Å². The Morgan fingerprint density at radius 3 is 2.52 bits per heavy atom. The van der Waals surface area contributed by atoms with E-state index in [9.17, 15) is 13.2 Å². The van der Waals surface area contributed by atoms with Gasteiger partial charge in [-0.05, 0) is 65.4 Å². The number of hydrogen-bond donors (Lipinski definition) is 0. The van der Waals surface area contributed by atoms with E-state index in [2.05, 4.69) is 25.7 Å². The zero-order valence-corrected chi connectivity index (χ0v) is 18.2. The summed E-state index contributed by atoms with van der Waals surface area (Å²) in [5.74, 6) is 1.50. The number of tetrazole rings is 1. The zero-order valence-electron chi connectivity index (χ0n) is 17.4. The first-order chi connectivity index (χ1) is 15.8. The Morgan fingerprint density at radius 1 is 1.00 bits per heavy atom. The van der Waals surface area contributed by atoms with Crippen molar-refractivity contribution in [3.05, 3.63) is 65.5 Å². The summed E-state index contributed by atoms with van der Waals surface area (Å²) >= 11 is 1.37. The van der Waals surface area contributed by atoms with Crippen LogP contribution >= 0.6 is 11.8 Å². The Labute approximate surface area is 189 Å². The number of hydrogen-bond acceptors (Lipinski definition) is 7. The molecule has 0 saturated heterocycles. The molecule has 33 heavy (non-hydrogen) atoms. The van der Waals surface area contributed by atoms with E-state index in [0.29, 0.717) is 33.8 Å². The molecule has 0 N–H and O–H groups in total. The summed E-state index contributed by atoms with van der Waals surface area (Å²) in [5.41, 5.74) is 2.36. The fraction of sp³-hybridized carbons (Fsp3) is 0.190. The molecule has 0 atom stereocenters. The Bertz CT molecular complexity index is 1460. The first-order valence-electron chi connectivity index (χ1n) is 9.75. The topological polar surface area (TPSA) is 83.0 Å². The van der Waals surface area contributed by atoms with Crippen molar-refractivity contribution in [2.75, 3.05) is 7.11 Å².